The van der Waals surface area contributed by atoms with Crippen LogP contribution in [0.25, 0.3) is 0 Å². The summed E-state index contributed by atoms with van der Waals surface area (Å²) in [6, 6.07) is 0. The van der Waals surface area contributed by atoms with E-state index in [-0.39, 0.29) is 15.4 Å². The first kappa shape index (κ1) is 13.5. The fourth-order valence-electron chi connectivity index (χ4n) is 1.23. The third-order valence-corrected chi connectivity index (χ3v) is 6.87. The van der Waals surface area contributed by atoms with Crippen molar-refractivity contribution in [2.45, 2.75) is 21.4 Å². The lowest BCUT2D eigenvalue weighted by atomic mass is 9.79. The molecule has 0 fully saturated rings. The molecule has 0 spiro atoms. The van der Waals surface area contributed by atoms with Gasteiger partial charge in [0.25, 0.3) is 0 Å². The van der Waals surface area contributed by atoms with Crippen LogP contribution in [0.4, 0.5) is 0 Å². The van der Waals surface area contributed by atoms with E-state index in [0.717, 1.165) is 0 Å². The molecular weight excluding hydrogens is 423 g/mol. The second-order valence-electron chi connectivity index (χ2n) is 3.27. The van der Waals surface area contributed by atoms with Gasteiger partial charge in [0.2, 0.25) is 0 Å². The SMILES string of the molecule is CC1(C(Cl)Cl)C(=O)C(Br)=CC(Br)C1Br. The average molecular weight is 430 g/mol. The molecule has 0 heterocycles. The highest BCUT2D eigenvalue weighted by molar-refractivity contribution is 9.13. The van der Waals surface area contributed by atoms with Crippen LogP contribution in [0.3, 0.4) is 0 Å². The minimum Gasteiger partial charge on any atom is -0.293 e. The number of Topliss-reactive ketones (excluding diaryl/α,β-unsaturated/α-hetero) is 1. The first-order valence-corrected chi connectivity index (χ1v) is 7.30. The van der Waals surface area contributed by atoms with Crippen LogP contribution in [0.5, 0.6) is 0 Å². The maximum Gasteiger partial charge on any atom is 0.179 e. The van der Waals surface area contributed by atoms with E-state index in [2.05, 4.69) is 47.8 Å². The monoisotopic (exact) mass is 426 g/mol. The minimum absolute atomic E-state index is 0.0274. The Labute approximate surface area is 118 Å². The van der Waals surface area contributed by atoms with Crippen molar-refractivity contribution >= 4 is 76.8 Å². The highest BCUT2D eigenvalue weighted by Crippen LogP contribution is 2.47. The largest absolute Gasteiger partial charge is 0.293 e. The predicted molar refractivity (Wildman–Crippen MR) is 71.0 cm³/mol. The number of allylic oxidation sites excluding steroid dienone is 2. The molecule has 0 bridgehead atoms. The van der Waals surface area contributed by atoms with E-state index in [1.165, 1.54) is 0 Å². The van der Waals surface area contributed by atoms with Crippen molar-refractivity contribution < 1.29 is 4.79 Å². The zero-order valence-electron chi connectivity index (χ0n) is 7.11. The first-order valence-electron chi connectivity index (χ1n) is 3.80. The number of hydrogen-bond acceptors (Lipinski definition) is 1. The topological polar surface area (TPSA) is 17.1 Å². The summed E-state index contributed by atoms with van der Waals surface area (Å²) >= 11 is 21.8. The van der Waals surface area contributed by atoms with E-state index in [4.69, 9.17) is 23.2 Å². The molecule has 6 heteroatoms. The summed E-state index contributed by atoms with van der Waals surface area (Å²) in [4.78, 5) is 11.1. The molecular formula is C8H7Br3Cl2O. The van der Waals surface area contributed by atoms with Crippen molar-refractivity contribution in [1.82, 2.24) is 0 Å². The highest BCUT2D eigenvalue weighted by Gasteiger charge is 2.50. The molecule has 0 aliphatic heterocycles. The van der Waals surface area contributed by atoms with Crippen LogP contribution >= 0.6 is 71.0 Å². The maximum absolute atomic E-state index is 11.9. The Kier molecular flexibility index (Phi) is 4.57. The van der Waals surface area contributed by atoms with Crippen LogP contribution in [0.2, 0.25) is 0 Å². The lowest BCUT2D eigenvalue weighted by Crippen LogP contribution is -2.48. The second-order valence-corrected chi connectivity index (χ2v) is 7.27. The number of rotatable bonds is 1. The normalized spacial score (nSPS) is 38.8. The van der Waals surface area contributed by atoms with Crippen LogP contribution < -0.4 is 0 Å². The van der Waals surface area contributed by atoms with Gasteiger partial charge in [-0.3, -0.25) is 4.79 Å². The summed E-state index contributed by atoms with van der Waals surface area (Å²) in [5.41, 5.74) is -0.815. The van der Waals surface area contributed by atoms with E-state index in [9.17, 15) is 4.79 Å². The summed E-state index contributed by atoms with van der Waals surface area (Å²) in [6.45, 7) is 1.75. The van der Waals surface area contributed by atoms with Gasteiger partial charge < -0.3 is 0 Å². The van der Waals surface area contributed by atoms with E-state index in [1.807, 2.05) is 0 Å². The van der Waals surface area contributed by atoms with Crippen LogP contribution in [-0.2, 0) is 4.79 Å². The molecule has 1 aliphatic rings. The van der Waals surface area contributed by atoms with E-state index >= 15 is 0 Å². The molecule has 0 aromatic heterocycles. The first-order chi connectivity index (χ1) is 6.31. The summed E-state index contributed by atoms with van der Waals surface area (Å²) in [5, 5.41) is 0. The molecule has 80 valence electrons. The molecule has 0 aromatic rings. The van der Waals surface area contributed by atoms with Crippen LogP contribution in [0.1, 0.15) is 6.92 Å². The molecule has 0 aromatic carbocycles. The maximum atomic E-state index is 11.9. The van der Waals surface area contributed by atoms with Crippen molar-refractivity contribution in [3.8, 4) is 0 Å². The molecule has 1 rings (SSSR count). The van der Waals surface area contributed by atoms with Crippen molar-refractivity contribution in [2.24, 2.45) is 5.41 Å². The Morgan fingerprint density at radius 1 is 1.50 bits per heavy atom. The standard InChI is InChI=1S/C8H7Br3Cl2O/c1-8(7(12)13)5(11)3(9)2-4(10)6(8)14/h2-3,5,7H,1H3. The highest BCUT2D eigenvalue weighted by atomic mass is 79.9. The number of halogens is 5. The van der Waals surface area contributed by atoms with E-state index in [1.54, 1.807) is 13.0 Å². The minimum atomic E-state index is -0.815. The molecule has 0 saturated heterocycles. The Hall–Kier alpha value is 1.43. The zero-order valence-corrected chi connectivity index (χ0v) is 13.4. The molecule has 1 aliphatic carbocycles. The molecule has 3 atom stereocenters. The number of carbonyl (C=O) groups excluding carboxylic acids is 1. The summed E-state index contributed by atoms with van der Waals surface area (Å²) < 4.78 is 0.517. The predicted octanol–water partition coefficient (Wildman–Crippen LogP) is 4.18. The van der Waals surface area contributed by atoms with Crippen molar-refractivity contribution in [3.05, 3.63) is 10.6 Å². The summed E-state index contributed by atoms with van der Waals surface area (Å²) in [7, 11) is 0. The third-order valence-electron chi connectivity index (χ3n) is 2.32. The molecule has 0 saturated carbocycles. The van der Waals surface area contributed by atoms with Crippen LogP contribution in [0.15, 0.2) is 10.6 Å². The number of alkyl halides is 4. The second kappa shape index (κ2) is 4.74. The Morgan fingerprint density at radius 3 is 2.43 bits per heavy atom. The van der Waals surface area contributed by atoms with Gasteiger partial charge in [0.15, 0.2) is 5.78 Å². The molecule has 1 nitrogen and oxygen atoms in total. The van der Waals surface area contributed by atoms with Gasteiger partial charge in [-0.1, -0.05) is 37.9 Å². The lowest BCUT2D eigenvalue weighted by molar-refractivity contribution is -0.122. The summed E-state index contributed by atoms with van der Waals surface area (Å²) in [6.07, 6.45) is 1.79. The molecule has 3 unspecified atom stereocenters. The van der Waals surface area contributed by atoms with Gasteiger partial charge in [0, 0.05) is 9.65 Å². The molecule has 14 heavy (non-hydrogen) atoms. The van der Waals surface area contributed by atoms with Crippen LogP contribution in [0, 0.1) is 5.41 Å². The zero-order chi connectivity index (χ0) is 11.1. The number of ketones is 1. The van der Waals surface area contributed by atoms with Gasteiger partial charge in [0.05, 0.1) is 9.90 Å². The molecule has 0 amide bonds. The van der Waals surface area contributed by atoms with E-state index in [0.29, 0.717) is 4.48 Å². The van der Waals surface area contributed by atoms with Crippen molar-refractivity contribution in [2.75, 3.05) is 0 Å². The third kappa shape index (κ3) is 2.10. The molecule has 0 radical (unpaired) electrons. The fourth-order valence-corrected chi connectivity index (χ4v) is 4.51. The van der Waals surface area contributed by atoms with Gasteiger partial charge in [-0.2, -0.15) is 0 Å². The van der Waals surface area contributed by atoms with E-state index < -0.39 is 10.3 Å². The van der Waals surface area contributed by atoms with Gasteiger partial charge in [-0.05, 0) is 22.9 Å². The summed E-state index contributed by atoms with van der Waals surface area (Å²) in [5.74, 6) is -0.0786. The molecule has 0 N–H and O–H groups in total. The van der Waals surface area contributed by atoms with Crippen molar-refractivity contribution in [1.29, 1.82) is 0 Å². The van der Waals surface area contributed by atoms with Gasteiger partial charge >= 0.3 is 0 Å². The number of carbonyl (C=O) groups is 1. The lowest BCUT2D eigenvalue weighted by Gasteiger charge is -2.38. The van der Waals surface area contributed by atoms with Crippen molar-refractivity contribution in [3.63, 3.8) is 0 Å². The Bertz CT molecular complexity index is 292. The van der Waals surface area contributed by atoms with Gasteiger partial charge in [0.1, 0.15) is 4.84 Å². The fraction of sp³-hybridized carbons (Fsp3) is 0.625. The van der Waals surface area contributed by atoms with Crippen LogP contribution in [-0.4, -0.2) is 20.3 Å². The number of hydrogen-bond donors (Lipinski definition) is 0. The Balaban J connectivity index is 3.19. The average Bonchev–Trinajstić information content (AvgIpc) is 2.11. The smallest absolute Gasteiger partial charge is 0.179 e. The van der Waals surface area contributed by atoms with Gasteiger partial charge in [-0.25, -0.2) is 0 Å². The Morgan fingerprint density at radius 2 is 2.00 bits per heavy atom. The van der Waals surface area contributed by atoms with Gasteiger partial charge in [-0.15, -0.1) is 23.2 Å². The quantitative estimate of drug-likeness (QED) is 0.571.